The fourth-order valence-corrected chi connectivity index (χ4v) is 2.94. The van der Waals surface area contributed by atoms with Crippen LogP contribution in [0.15, 0.2) is 30.3 Å². The number of hydrogen-bond donors (Lipinski definition) is 1. The first-order chi connectivity index (χ1) is 8.54. The van der Waals surface area contributed by atoms with Gasteiger partial charge in [0.2, 0.25) is 0 Å². The number of hydrogen-bond acceptors (Lipinski definition) is 2. The molecule has 2 rings (SSSR count). The van der Waals surface area contributed by atoms with E-state index >= 15 is 0 Å². The summed E-state index contributed by atoms with van der Waals surface area (Å²) in [5.41, 5.74) is 1.65. The second-order valence-corrected chi connectivity index (χ2v) is 6.09. The third-order valence-electron chi connectivity index (χ3n) is 4.33. The molecule has 0 aromatic heterocycles. The van der Waals surface area contributed by atoms with Gasteiger partial charge in [-0.15, -0.1) is 0 Å². The summed E-state index contributed by atoms with van der Waals surface area (Å²) in [4.78, 5) is 0. The monoisotopic (exact) mass is 247 g/mol. The summed E-state index contributed by atoms with van der Waals surface area (Å²) in [5.74, 6) is 0. The Bertz CT molecular complexity index is 374. The Kier molecular flexibility index (Phi) is 4.08. The Morgan fingerprint density at radius 3 is 2.56 bits per heavy atom. The van der Waals surface area contributed by atoms with Gasteiger partial charge in [0.15, 0.2) is 0 Å². The highest BCUT2D eigenvalue weighted by atomic mass is 16.5. The number of nitrogens with one attached hydrogen (secondary N) is 1. The fraction of sp³-hybridized carbons (Fsp3) is 0.625. The van der Waals surface area contributed by atoms with Crippen molar-refractivity contribution in [1.82, 2.24) is 5.32 Å². The lowest BCUT2D eigenvalue weighted by Gasteiger charge is -2.52. The first-order valence-corrected chi connectivity index (χ1v) is 6.86. The van der Waals surface area contributed by atoms with Gasteiger partial charge in [-0.2, -0.15) is 0 Å². The lowest BCUT2D eigenvalue weighted by molar-refractivity contribution is -0.0997. The summed E-state index contributed by atoms with van der Waals surface area (Å²) in [7, 11) is 1.82. The maximum absolute atomic E-state index is 5.49. The van der Waals surface area contributed by atoms with E-state index in [1.807, 2.05) is 7.11 Å². The average Bonchev–Trinajstić information content (AvgIpc) is 2.35. The highest BCUT2D eigenvalue weighted by Crippen LogP contribution is 2.42. The second-order valence-electron chi connectivity index (χ2n) is 6.09. The molecule has 2 nitrogen and oxygen atoms in total. The van der Waals surface area contributed by atoms with Crippen LogP contribution in [0.1, 0.15) is 32.8 Å². The minimum atomic E-state index is 0.250. The molecule has 0 amide bonds. The number of methoxy groups -OCH3 is 1. The smallest absolute Gasteiger partial charge is 0.0652 e. The first kappa shape index (κ1) is 13.6. The maximum atomic E-state index is 5.49. The molecule has 1 fully saturated rings. The van der Waals surface area contributed by atoms with Gasteiger partial charge in [0.1, 0.15) is 0 Å². The Hall–Kier alpha value is -0.860. The van der Waals surface area contributed by atoms with Crippen molar-refractivity contribution in [2.45, 2.75) is 51.8 Å². The number of benzene rings is 1. The normalized spacial score (nSPS) is 27.6. The zero-order chi connectivity index (χ0) is 13.2. The van der Waals surface area contributed by atoms with Crippen LogP contribution in [0.25, 0.3) is 0 Å². The van der Waals surface area contributed by atoms with Gasteiger partial charge in [0.25, 0.3) is 0 Å². The molecule has 0 bridgehead atoms. The van der Waals surface area contributed by atoms with Crippen molar-refractivity contribution in [3.8, 4) is 0 Å². The van der Waals surface area contributed by atoms with Gasteiger partial charge in [-0.05, 0) is 25.3 Å². The van der Waals surface area contributed by atoms with Crippen molar-refractivity contribution in [2.75, 3.05) is 7.11 Å². The third kappa shape index (κ3) is 2.76. The third-order valence-corrected chi connectivity index (χ3v) is 4.33. The molecule has 1 N–H and O–H groups in total. The van der Waals surface area contributed by atoms with Crippen molar-refractivity contribution in [2.24, 2.45) is 5.41 Å². The van der Waals surface area contributed by atoms with Crippen LogP contribution in [-0.2, 0) is 11.2 Å². The van der Waals surface area contributed by atoms with Crippen LogP contribution in [0.3, 0.4) is 0 Å². The van der Waals surface area contributed by atoms with E-state index in [-0.39, 0.29) is 5.41 Å². The maximum Gasteiger partial charge on any atom is 0.0652 e. The predicted octanol–water partition coefficient (Wildman–Crippen LogP) is 3.02. The van der Waals surface area contributed by atoms with Crippen molar-refractivity contribution >= 4 is 0 Å². The van der Waals surface area contributed by atoms with E-state index in [1.165, 1.54) is 5.56 Å². The quantitative estimate of drug-likeness (QED) is 0.863. The molecule has 3 atom stereocenters. The average molecular weight is 247 g/mol. The zero-order valence-corrected chi connectivity index (χ0v) is 11.9. The Morgan fingerprint density at radius 2 is 2.00 bits per heavy atom. The molecule has 0 heterocycles. The molecule has 18 heavy (non-hydrogen) atoms. The van der Waals surface area contributed by atoms with Crippen LogP contribution >= 0.6 is 0 Å². The summed E-state index contributed by atoms with van der Waals surface area (Å²) in [6.07, 6.45) is 2.62. The van der Waals surface area contributed by atoms with Crippen LogP contribution in [0.5, 0.6) is 0 Å². The Morgan fingerprint density at radius 1 is 1.33 bits per heavy atom. The summed E-state index contributed by atoms with van der Waals surface area (Å²) >= 11 is 0. The standard InChI is InChI=1S/C16H25NO/c1-12(10-13-8-6-5-7-9-13)17-14-11-15(18-4)16(14,2)3/h5-9,12,14-15,17H,10-11H2,1-4H3. The van der Waals surface area contributed by atoms with Crippen LogP contribution in [0.4, 0.5) is 0 Å². The fourth-order valence-electron chi connectivity index (χ4n) is 2.94. The number of ether oxygens (including phenoxy) is 1. The van der Waals surface area contributed by atoms with Crippen molar-refractivity contribution in [3.63, 3.8) is 0 Å². The molecule has 1 aromatic rings. The lowest BCUT2D eigenvalue weighted by Crippen LogP contribution is -2.62. The first-order valence-electron chi connectivity index (χ1n) is 6.86. The van der Waals surface area contributed by atoms with Crippen molar-refractivity contribution in [1.29, 1.82) is 0 Å². The second kappa shape index (κ2) is 5.41. The lowest BCUT2D eigenvalue weighted by atomic mass is 9.64. The van der Waals surface area contributed by atoms with Gasteiger partial charge in [0, 0.05) is 24.6 Å². The molecule has 0 aliphatic heterocycles. The van der Waals surface area contributed by atoms with E-state index in [1.54, 1.807) is 0 Å². The molecule has 1 aliphatic carbocycles. The van der Waals surface area contributed by atoms with Crippen molar-refractivity contribution < 1.29 is 4.74 Å². The Labute approximate surface area is 111 Å². The van der Waals surface area contributed by atoms with Gasteiger partial charge in [0.05, 0.1) is 6.10 Å². The Balaban J connectivity index is 1.84. The molecular weight excluding hydrogens is 222 g/mol. The van der Waals surface area contributed by atoms with E-state index < -0.39 is 0 Å². The van der Waals surface area contributed by atoms with Crippen LogP contribution < -0.4 is 5.32 Å². The molecule has 2 heteroatoms. The van der Waals surface area contributed by atoms with E-state index in [0.717, 1.165) is 12.8 Å². The highest BCUT2D eigenvalue weighted by molar-refractivity contribution is 5.16. The summed E-state index contributed by atoms with van der Waals surface area (Å²) in [6.45, 7) is 6.85. The van der Waals surface area contributed by atoms with Crippen LogP contribution in [0.2, 0.25) is 0 Å². The molecular formula is C16H25NO. The molecule has 1 aliphatic rings. The van der Waals surface area contributed by atoms with Crippen molar-refractivity contribution in [3.05, 3.63) is 35.9 Å². The summed E-state index contributed by atoms with van der Waals surface area (Å²) in [6, 6.07) is 11.8. The van der Waals surface area contributed by atoms with E-state index in [0.29, 0.717) is 18.2 Å². The summed E-state index contributed by atoms with van der Waals surface area (Å²) < 4.78 is 5.49. The largest absolute Gasteiger partial charge is 0.381 e. The SMILES string of the molecule is COC1CC(NC(C)Cc2ccccc2)C1(C)C. The predicted molar refractivity (Wildman–Crippen MR) is 75.7 cm³/mol. The zero-order valence-electron chi connectivity index (χ0n) is 11.9. The van der Waals surface area contributed by atoms with Gasteiger partial charge >= 0.3 is 0 Å². The molecule has 0 radical (unpaired) electrons. The van der Waals surface area contributed by atoms with E-state index in [9.17, 15) is 0 Å². The number of rotatable bonds is 5. The molecule has 100 valence electrons. The molecule has 3 unspecified atom stereocenters. The van der Waals surface area contributed by atoms with Gasteiger partial charge in [-0.1, -0.05) is 44.2 Å². The van der Waals surface area contributed by atoms with E-state index in [4.69, 9.17) is 4.74 Å². The highest BCUT2D eigenvalue weighted by Gasteiger charge is 2.48. The van der Waals surface area contributed by atoms with Gasteiger partial charge in [-0.3, -0.25) is 0 Å². The van der Waals surface area contributed by atoms with Gasteiger partial charge < -0.3 is 10.1 Å². The molecule has 1 aromatic carbocycles. The van der Waals surface area contributed by atoms with Crippen LogP contribution in [-0.4, -0.2) is 25.3 Å². The minimum absolute atomic E-state index is 0.250. The van der Waals surface area contributed by atoms with E-state index in [2.05, 4.69) is 56.4 Å². The van der Waals surface area contributed by atoms with Crippen LogP contribution in [0, 0.1) is 5.41 Å². The topological polar surface area (TPSA) is 21.3 Å². The molecule has 0 spiro atoms. The molecule has 0 saturated heterocycles. The molecule has 1 saturated carbocycles. The van der Waals surface area contributed by atoms with Gasteiger partial charge in [-0.25, -0.2) is 0 Å². The summed E-state index contributed by atoms with van der Waals surface area (Å²) in [5, 5.41) is 3.74. The minimum Gasteiger partial charge on any atom is -0.381 e.